The van der Waals surface area contributed by atoms with E-state index in [1.54, 1.807) is 0 Å². The summed E-state index contributed by atoms with van der Waals surface area (Å²) < 4.78 is 0. The fraction of sp³-hybridized carbons (Fsp3) is 0.300. The lowest BCUT2D eigenvalue weighted by atomic mass is 10.1. The highest BCUT2D eigenvalue weighted by molar-refractivity contribution is 5.84. The number of aliphatic hydroxyl groups excluding tert-OH is 2. The first-order valence-corrected chi connectivity index (χ1v) is 4.09. The number of aliphatic hydroxyl groups is 2. The predicted octanol–water partition coefficient (Wildman–Crippen LogP) is 0.151. The molecule has 0 fully saturated rings. The highest BCUT2D eigenvalue weighted by Gasteiger charge is 2.13. The average molecular weight is 180 g/mol. The Morgan fingerprint density at radius 3 is 2.46 bits per heavy atom. The Bertz CT molecular complexity index is 269. The molecule has 0 saturated heterocycles. The summed E-state index contributed by atoms with van der Waals surface area (Å²) in [4.78, 5) is 10.8. The van der Waals surface area contributed by atoms with Gasteiger partial charge in [-0.1, -0.05) is 30.3 Å². The average Bonchev–Trinajstić information content (AvgIpc) is 2.18. The van der Waals surface area contributed by atoms with Gasteiger partial charge >= 0.3 is 0 Å². The van der Waals surface area contributed by atoms with E-state index in [-0.39, 0.29) is 6.42 Å². The van der Waals surface area contributed by atoms with E-state index in [4.69, 9.17) is 5.11 Å². The van der Waals surface area contributed by atoms with Crippen molar-refractivity contribution in [3.63, 3.8) is 0 Å². The number of benzene rings is 1. The highest BCUT2D eigenvalue weighted by atomic mass is 16.3. The normalized spacial score (nSPS) is 12.5. The molecule has 0 radical (unpaired) electrons. The molecule has 1 aromatic carbocycles. The van der Waals surface area contributed by atoms with E-state index in [1.165, 1.54) is 0 Å². The first kappa shape index (κ1) is 9.89. The zero-order valence-corrected chi connectivity index (χ0v) is 7.18. The van der Waals surface area contributed by atoms with Crippen molar-refractivity contribution in [1.82, 2.24) is 0 Å². The quantitative estimate of drug-likeness (QED) is 0.693. The van der Waals surface area contributed by atoms with Crippen molar-refractivity contribution in [3.05, 3.63) is 35.9 Å². The summed E-state index contributed by atoms with van der Waals surface area (Å²) in [5.74, 6) is -0.538. The number of hydrogen-bond acceptors (Lipinski definition) is 3. The number of carbonyl (C=O) groups excluding carboxylic acids is 1. The molecule has 1 atom stereocenters. The minimum absolute atomic E-state index is 0.264. The van der Waals surface area contributed by atoms with Gasteiger partial charge in [0.2, 0.25) is 0 Å². The third kappa shape index (κ3) is 2.97. The van der Waals surface area contributed by atoms with Gasteiger partial charge in [0.15, 0.2) is 5.78 Å². The largest absolute Gasteiger partial charge is 0.388 e. The van der Waals surface area contributed by atoms with Crippen molar-refractivity contribution in [3.8, 4) is 0 Å². The molecular weight excluding hydrogens is 168 g/mol. The molecule has 0 heterocycles. The van der Waals surface area contributed by atoms with Crippen molar-refractivity contribution in [2.24, 2.45) is 0 Å². The first-order valence-electron chi connectivity index (χ1n) is 4.09. The Labute approximate surface area is 76.6 Å². The van der Waals surface area contributed by atoms with E-state index < -0.39 is 18.5 Å². The molecule has 3 nitrogen and oxygen atoms in total. The minimum atomic E-state index is -1.09. The van der Waals surface area contributed by atoms with Crippen molar-refractivity contribution < 1.29 is 15.0 Å². The number of Topliss-reactive ketones (excluding diaryl/α,β-unsaturated/α-hetero) is 1. The number of rotatable bonds is 4. The molecule has 0 aliphatic rings. The topological polar surface area (TPSA) is 57.5 Å². The molecule has 13 heavy (non-hydrogen) atoms. The van der Waals surface area contributed by atoms with E-state index in [1.807, 2.05) is 30.3 Å². The lowest BCUT2D eigenvalue weighted by molar-refractivity contribution is -0.129. The molecule has 3 heteroatoms. The van der Waals surface area contributed by atoms with Gasteiger partial charge in [-0.2, -0.15) is 0 Å². The van der Waals surface area contributed by atoms with Gasteiger partial charge in [0.1, 0.15) is 12.7 Å². The lowest BCUT2D eigenvalue weighted by Gasteiger charge is -2.06. The second kappa shape index (κ2) is 4.74. The second-order valence-corrected chi connectivity index (χ2v) is 2.83. The SMILES string of the molecule is O=C(CO)[C@@H](O)Cc1ccccc1. The highest BCUT2D eigenvalue weighted by Crippen LogP contribution is 2.03. The van der Waals surface area contributed by atoms with Crippen LogP contribution in [0.2, 0.25) is 0 Å². The van der Waals surface area contributed by atoms with Crippen LogP contribution in [0, 0.1) is 0 Å². The van der Waals surface area contributed by atoms with Crippen molar-refractivity contribution in [2.75, 3.05) is 6.61 Å². The first-order chi connectivity index (χ1) is 6.24. The Balaban J connectivity index is 2.55. The van der Waals surface area contributed by atoms with Crippen molar-refractivity contribution >= 4 is 5.78 Å². The van der Waals surface area contributed by atoms with Crippen molar-refractivity contribution in [2.45, 2.75) is 12.5 Å². The van der Waals surface area contributed by atoms with Crippen LogP contribution < -0.4 is 0 Å². The predicted molar refractivity (Wildman–Crippen MR) is 48.2 cm³/mol. The van der Waals surface area contributed by atoms with Gasteiger partial charge in [-0.05, 0) is 5.56 Å². The maximum atomic E-state index is 10.8. The van der Waals surface area contributed by atoms with Gasteiger partial charge < -0.3 is 10.2 Å². The maximum Gasteiger partial charge on any atom is 0.186 e. The van der Waals surface area contributed by atoms with Crippen LogP contribution >= 0.6 is 0 Å². The standard InChI is InChI=1S/C10H12O3/c11-7-10(13)9(12)6-8-4-2-1-3-5-8/h1-5,9,11-12H,6-7H2/t9-/m0/s1. The molecule has 0 bridgehead atoms. The Hall–Kier alpha value is -1.19. The Morgan fingerprint density at radius 2 is 1.92 bits per heavy atom. The summed E-state index contributed by atoms with van der Waals surface area (Å²) in [6.45, 7) is -0.603. The molecule has 0 aromatic heterocycles. The van der Waals surface area contributed by atoms with Gasteiger partial charge in [-0.25, -0.2) is 0 Å². The van der Waals surface area contributed by atoms with Gasteiger partial charge in [-0.3, -0.25) is 4.79 Å². The molecule has 0 saturated carbocycles. The fourth-order valence-electron chi connectivity index (χ4n) is 1.06. The maximum absolute atomic E-state index is 10.8. The van der Waals surface area contributed by atoms with Crippen LogP contribution in [-0.2, 0) is 11.2 Å². The van der Waals surface area contributed by atoms with E-state index in [2.05, 4.69) is 0 Å². The van der Waals surface area contributed by atoms with Crippen LogP contribution in [0.4, 0.5) is 0 Å². The molecule has 1 rings (SSSR count). The molecule has 2 N–H and O–H groups in total. The summed E-state index contributed by atoms with van der Waals surface area (Å²) in [6, 6.07) is 9.20. The van der Waals surface area contributed by atoms with Gasteiger partial charge in [0, 0.05) is 6.42 Å². The van der Waals surface area contributed by atoms with E-state index in [0.29, 0.717) is 0 Å². The van der Waals surface area contributed by atoms with Gasteiger partial charge in [0.05, 0.1) is 0 Å². The Morgan fingerprint density at radius 1 is 1.31 bits per heavy atom. The third-order valence-corrected chi connectivity index (χ3v) is 1.80. The zero-order chi connectivity index (χ0) is 9.68. The van der Waals surface area contributed by atoms with E-state index in [9.17, 15) is 9.90 Å². The summed E-state index contributed by atoms with van der Waals surface area (Å²) in [5, 5.41) is 17.7. The summed E-state index contributed by atoms with van der Waals surface area (Å²) >= 11 is 0. The van der Waals surface area contributed by atoms with Crippen molar-refractivity contribution in [1.29, 1.82) is 0 Å². The van der Waals surface area contributed by atoms with Crippen LogP contribution in [-0.4, -0.2) is 28.7 Å². The van der Waals surface area contributed by atoms with Gasteiger partial charge in [-0.15, -0.1) is 0 Å². The fourth-order valence-corrected chi connectivity index (χ4v) is 1.06. The van der Waals surface area contributed by atoms with Gasteiger partial charge in [0.25, 0.3) is 0 Å². The van der Waals surface area contributed by atoms with Crippen LogP contribution in [0.15, 0.2) is 30.3 Å². The lowest BCUT2D eigenvalue weighted by Crippen LogP contribution is -2.25. The number of hydrogen-bond donors (Lipinski definition) is 2. The second-order valence-electron chi connectivity index (χ2n) is 2.83. The Kier molecular flexibility index (Phi) is 3.61. The summed E-state index contributed by atoms with van der Waals surface area (Å²) in [7, 11) is 0. The summed E-state index contributed by atoms with van der Waals surface area (Å²) in [5.41, 5.74) is 0.886. The molecule has 0 aliphatic heterocycles. The molecule has 70 valence electrons. The number of ketones is 1. The van der Waals surface area contributed by atoms with Crippen LogP contribution in [0.3, 0.4) is 0 Å². The monoisotopic (exact) mass is 180 g/mol. The molecule has 0 amide bonds. The summed E-state index contributed by atoms with van der Waals surface area (Å²) in [6.07, 6.45) is -0.826. The molecule has 0 aliphatic carbocycles. The third-order valence-electron chi connectivity index (χ3n) is 1.80. The number of carbonyl (C=O) groups is 1. The van der Waals surface area contributed by atoms with E-state index in [0.717, 1.165) is 5.56 Å². The molecule has 1 aromatic rings. The van der Waals surface area contributed by atoms with E-state index >= 15 is 0 Å². The molecule has 0 spiro atoms. The van der Waals surface area contributed by atoms with Crippen LogP contribution in [0.25, 0.3) is 0 Å². The van der Waals surface area contributed by atoms with Crippen LogP contribution in [0.5, 0.6) is 0 Å². The minimum Gasteiger partial charge on any atom is -0.388 e. The zero-order valence-electron chi connectivity index (χ0n) is 7.18. The molecular formula is C10H12O3. The molecule has 0 unspecified atom stereocenters. The smallest absolute Gasteiger partial charge is 0.186 e. The van der Waals surface area contributed by atoms with Crippen LogP contribution in [0.1, 0.15) is 5.56 Å².